The standard InChI is InChI=1S/C17H18N2O6S/c1-9-13(16(22)23)19-14(21)12(15(19)26-17(9)24-2)18-11(20)8-25-10-6-4-3-5-7-10/h3-7,12,15,17H,8H2,1-2H3,(H,18,20)(H,22,23)/t12?,15-,17-/m0/s1. The maximum Gasteiger partial charge on any atom is 0.352 e. The van der Waals surface area contributed by atoms with Crippen LogP contribution in [0.2, 0.25) is 0 Å². The fourth-order valence-electron chi connectivity index (χ4n) is 2.89. The zero-order valence-electron chi connectivity index (χ0n) is 14.2. The lowest BCUT2D eigenvalue weighted by Crippen LogP contribution is -2.71. The van der Waals surface area contributed by atoms with Crippen LogP contribution in [0.1, 0.15) is 6.92 Å². The highest BCUT2D eigenvalue weighted by molar-refractivity contribution is 8.00. The molecule has 2 heterocycles. The second kappa shape index (κ2) is 7.38. The van der Waals surface area contributed by atoms with Gasteiger partial charge in [0.05, 0.1) is 0 Å². The van der Waals surface area contributed by atoms with Gasteiger partial charge in [0.1, 0.15) is 28.3 Å². The van der Waals surface area contributed by atoms with E-state index >= 15 is 0 Å². The molecule has 0 aliphatic carbocycles. The Morgan fingerprint density at radius 3 is 2.62 bits per heavy atom. The molecular formula is C17H18N2O6S. The number of nitrogens with one attached hydrogen (secondary N) is 1. The van der Waals surface area contributed by atoms with E-state index in [0.29, 0.717) is 11.3 Å². The van der Waals surface area contributed by atoms with Gasteiger partial charge in [-0.2, -0.15) is 0 Å². The van der Waals surface area contributed by atoms with Crippen LogP contribution in [0.4, 0.5) is 0 Å². The van der Waals surface area contributed by atoms with Crippen molar-refractivity contribution in [3.63, 3.8) is 0 Å². The van der Waals surface area contributed by atoms with E-state index in [0.717, 1.165) is 0 Å². The topological polar surface area (TPSA) is 105 Å². The Hall–Kier alpha value is -2.52. The number of amides is 2. The number of aliphatic carboxylic acids is 1. The van der Waals surface area contributed by atoms with Gasteiger partial charge in [0.2, 0.25) is 0 Å². The second-order valence-corrected chi connectivity index (χ2v) is 6.97. The average Bonchev–Trinajstić information content (AvgIpc) is 2.64. The summed E-state index contributed by atoms with van der Waals surface area (Å²) in [6.45, 7) is 1.38. The van der Waals surface area contributed by atoms with Crippen molar-refractivity contribution in [3.05, 3.63) is 41.6 Å². The zero-order chi connectivity index (χ0) is 18.8. The number of hydrogen-bond donors (Lipinski definition) is 2. The van der Waals surface area contributed by atoms with Crippen molar-refractivity contribution in [2.24, 2.45) is 0 Å². The summed E-state index contributed by atoms with van der Waals surface area (Å²) in [5.41, 5.74) is -0.112. The van der Waals surface area contributed by atoms with Gasteiger partial charge in [-0.05, 0) is 24.6 Å². The van der Waals surface area contributed by atoms with Crippen molar-refractivity contribution in [1.82, 2.24) is 10.2 Å². The lowest BCUT2D eigenvalue weighted by Gasteiger charge is -2.50. The highest BCUT2D eigenvalue weighted by Crippen LogP contribution is 2.44. The molecule has 2 aliphatic rings. The molecule has 1 fully saturated rings. The van der Waals surface area contributed by atoms with Gasteiger partial charge in [-0.3, -0.25) is 14.5 Å². The molecule has 0 aromatic heterocycles. The number of ether oxygens (including phenoxy) is 2. The molecule has 9 heteroatoms. The molecule has 26 heavy (non-hydrogen) atoms. The number of carbonyl (C=O) groups excluding carboxylic acids is 2. The van der Waals surface area contributed by atoms with E-state index in [1.807, 2.05) is 6.07 Å². The van der Waals surface area contributed by atoms with Gasteiger partial charge in [0, 0.05) is 7.11 Å². The number of hydrogen-bond acceptors (Lipinski definition) is 6. The highest BCUT2D eigenvalue weighted by Gasteiger charge is 2.55. The Bertz CT molecular complexity index is 766. The molecule has 1 saturated heterocycles. The predicted molar refractivity (Wildman–Crippen MR) is 93.2 cm³/mol. The van der Waals surface area contributed by atoms with Crippen molar-refractivity contribution in [3.8, 4) is 5.75 Å². The maximum atomic E-state index is 12.4. The summed E-state index contributed by atoms with van der Waals surface area (Å²) in [4.78, 5) is 37.2. The number of carboxylic acids is 1. The zero-order valence-corrected chi connectivity index (χ0v) is 15.0. The minimum absolute atomic E-state index is 0.0864. The smallest absolute Gasteiger partial charge is 0.352 e. The maximum absolute atomic E-state index is 12.4. The van der Waals surface area contributed by atoms with Crippen molar-refractivity contribution < 1.29 is 29.0 Å². The van der Waals surface area contributed by atoms with Crippen molar-refractivity contribution in [2.75, 3.05) is 13.7 Å². The number of rotatable bonds is 6. The Morgan fingerprint density at radius 1 is 1.31 bits per heavy atom. The van der Waals surface area contributed by atoms with Gasteiger partial charge in [0.15, 0.2) is 6.61 Å². The molecule has 0 radical (unpaired) electrons. The van der Waals surface area contributed by atoms with Crippen LogP contribution in [0.5, 0.6) is 5.75 Å². The number of thioether (sulfide) groups is 1. The summed E-state index contributed by atoms with van der Waals surface area (Å²) in [5.74, 6) is -1.56. The lowest BCUT2D eigenvalue weighted by molar-refractivity contribution is -0.151. The third-order valence-corrected chi connectivity index (χ3v) is 5.68. The van der Waals surface area contributed by atoms with Crippen molar-refractivity contribution >= 4 is 29.5 Å². The van der Waals surface area contributed by atoms with E-state index in [1.54, 1.807) is 31.2 Å². The molecule has 0 spiro atoms. The lowest BCUT2D eigenvalue weighted by atomic mass is 10.0. The summed E-state index contributed by atoms with van der Waals surface area (Å²) >= 11 is 1.28. The van der Waals surface area contributed by atoms with Crippen LogP contribution in [0, 0.1) is 0 Å². The molecule has 2 N–H and O–H groups in total. The van der Waals surface area contributed by atoms with E-state index in [9.17, 15) is 19.5 Å². The van der Waals surface area contributed by atoms with Crippen molar-refractivity contribution in [1.29, 1.82) is 0 Å². The fraction of sp³-hybridized carbons (Fsp3) is 0.353. The summed E-state index contributed by atoms with van der Waals surface area (Å²) in [6.07, 6.45) is 0. The highest BCUT2D eigenvalue weighted by atomic mass is 32.2. The first kappa shape index (κ1) is 18.3. The monoisotopic (exact) mass is 378 g/mol. The van der Waals surface area contributed by atoms with Crippen LogP contribution in [-0.4, -0.2) is 58.4 Å². The van der Waals surface area contributed by atoms with Gasteiger partial charge >= 0.3 is 5.97 Å². The minimum Gasteiger partial charge on any atom is -0.484 e. The number of β-lactam (4-membered cyclic amide) rings is 1. The van der Waals surface area contributed by atoms with Crippen LogP contribution < -0.4 is 10.1 Å². The molecule has 3 atom stereocenters. The summed E-state index contributed by atoms with van der Waals surface area (Å²) in [6, 6.07) is 8.02. The number of carbonyl (C=O) groups is 3. The summed E-state index contributed by atoms with van der Waals surface area (Å²) < 4.78 is 10.7. The van der Waals surface area contributed by atoms with Gasteiger partial charge in [-0.1, -0.05) is 30.0 Å². The number of benzene rings is 1. The Labute approximate surface area is 154 Å². The minimum atomic E-state index is -1.19. The van der Waals surface area contributed by atoms with Crippen LogP contribution in [0.15, 0.2) is 41.6 Å². The van der Waals surface area contributed by atoms with Crippen LogP contribution in [0.25, 0.3) is 0 Å². The van der Waals surface area contributed by atoms with E-state index in [2.05, 4.69) is 5.32 Å². The molecule has 1 aromatic carbocycles. The Balaban J connectivity index is 1.65. The van der Waals surface area contributed by atoms with Gasteiger partial charge in [0.25, 0.3) is 11.8 Å². The number of nitrogens with zero attached hydrogens (tertiary/aromatic N) is 1. The van der Waals surface area contributed by atoms with Crippen LogP contribution >= 0.6 is 11.8 Å². The number of fused-ring (bicyclic) bond motifs is 1. The Morgan fingerprint density at radius 2 is 2.00 bits per heavy atom. The fourth-order valence-corrected chi connectivity index (χ4v) is 4.24. The SMILES string of the molecule is CO[C@H]1S[C@H]2C(NC(=O)COc3ccccc3)C(=O)N2C(C(=O)O)=C1C. The quantitative estimate of drug-likeness (QED) is 0.705. The third-order valence-electron chi connectivity index (χ3n) is 4.12. The van der Waals surface area contributed by atoms with E-state index in [-0.39, 0.29) is 12.3 Å². The molecule has 2 aliphatic heterocycles. The molecule has 2 amide bonds. The number of para-hydroxylation sites is 1. The van der Waals surface area contributed by atoms with E-state index in [1.165, 1.54) is 23.8 Å². The third kappa shape index (κ3) is 3.27. The average molecular weight is 378 g/mol. The molecule has 8 nitrogen and oxygen atoms in total. The van der Waals surface area contributed by atoms with Gasteiger partial charge < -0.3 is 19.9 Å². The molecule has 1 aromatic rings. The normalized spacial score (nSPS) is 24.6. The molecule has 138 valence electrons. The second-order valence-electron chi connectivity index (χ2n) is 5.79. The van der Waals surface area contributed by atoms with Crippen LogP contribution in [-0.2, 0) is 19.1 Å². The molecule has 0 saturated carbocycles. The summed E-state index contributed by atoms with van der Waals surface area (Å²) in [5, 5.41) is 11.5. The van der Waals surface area contributed by atoms with E-state index in [4.69, 9.17) is 9.47 Å². The molecular weight excluding hydrogens is 360 g/mol. The predicted octanol–water partition coefficient (Wildman–Crippen LogP) is 0.796. The number of methoxy groups -OCH3 is 1. The largest absolute Gasteiger partial charge is 0.484 e. The van der Waals surface area contributed by atoms with Crippen LogP contribution in [0.3, 0.4) is 0 Å². The first-order valence-corrected chi connectivity index (χ1v) is 8.81. The molecule has 0 bridgehead atoms. The number of carboxylic acid groups (broad SMARTS) is 1. The summed E-state index contributed by atoms with van der Waals surface area (Å²) in [7, 11) is 1.47. The molecule has 3 rings (SSSR count). The Kier molecular flexibility index (Phi) is 5.19. The van der Waals surface area contributed by atoms with Gasteiger partial charge in [-0.15, -0.1) is 0 Å². The van der Waals surface area contributed by atoms with E-state index < -0.39 is 34.6 Å². The van der Waals surface area contributed by atoms with Crippen molar-refractivity contribution in [2.45, 2.75) is 23.8 Å². The molecule has 1 unspecified atom stereocenters. The first-order chi connectivity index (χ1) is 12.4. The van der Waals surface area contributed by atoms with Gasteiger partial charge in [-0.25, -0.2) is 4.79 Å². The first-order valence-electron chi connectivity index (χ1n) is 7.86.